The van der Waals surface area contributed by atoms with Gasteiger partial charge in [0.1, 0.15) is 18.3 Å². The van der Waals surface area contributed by atoms with Crippen LogP contribution in [0.1, 0.15) is 48.8 Å². The highest BCUT2D eigenvalue weighted by atomic mass is 35.5. The smallest absolute Gasteiger partial charge is 0.244 e. The summed E-state index contributed by atoms with van der Waals surface area (Å²) in [6.45, 7) is 1.40. The molecule has 0 saturated heterocycles. The summed E-state index contributed by atoms with van der Waals surface area (Å²) in [6, 6.07) is 20.9. The quantitative estimate of drug-likeness (QED) is 0.286. The number of ether oxygens (including phenoxy) is 1. The van der Waals surface area contributed by atoms with E-state index in [4.69, 9.17) is 16.3 Å². The normalized spacial score (nSPS) is 14.5. The third-order valence-corrected chi connectivity index (χ3v) is 9.38. The largest absolute Gasteiger partial charge is 0.497 e. The lowest BCUT2D eigenvalue weighted by atomic mass is 9.94. The molecule has 1 fully saturated rings. The Kier molecular flexibility index (Phi) is 11.1. The zero-order valence-electron chi connectivity index (χ0n) is 25.0. The number of benzene rings is 3. The topological polar surface area (TPSA) is 96.0 Å². The summed E-state index contributed by atoms with van der Waals surface area (Å²) in [6.07, 6.45) is 6.34. The van der Waals surface area contributed by atoms with Crippen molar-refractivity contribution in [3.05, 3.63) is 94.5 Å². The molecule has 1 N–H and O–H groups in total. The number of hydrogen-bond acceptors (Lipinski definition) is 5. The van der Waals surface area contributed by atoms with Crippen LogP contribution in [0.25, 0.3) is 0 Å². The average Bonchev–Trinajstić information content (AvgIpc) is 2.99. The van der Waals surface area contributed by atoms with Gasteiger partial charge in [0, 0.05) is 24.0 Å². The van der Waals surface area contributed by atoms with Crippen LogP contribution >= 0.6 is 11.6 Å². The molecule has 230 valence electrons. The van der Waals surface area contributed by atoms with E-state index in [-0.39, 0.29) is 30.6 Å². The number of hydrogen-bond donors (Lipinski definition) is 1. The first-order chi connectivity index (χ1) is 20.5. The molecule has 0 unspecified atom stereocenters. The zero-order chi connectivity index (χ0) is 31.0. The van der Waals surface area contributed by atoms with Crippen molar-refractivity contribution < 1.29 is 22.7 Å². The van der Waals surface area contributed by atoms with Crippen LogP contribution in [0.5, 0.6) is 5.75 Å². The molecule has 1 aliphatic carbocycles. The molecule has 43 heavy (non-hydrogen) atoms. The zero-order valence-corrected chi connectivity index (χ0v) is 26.5. The van der Waals surface area contributed by atoms with Crippen LogP contribution in [0.15, 0.2) is 72.8 Å². The van der Waals surface area contributed by atoms with E-state index in [0.717, 1.165) is 59.4 Å². The van der Waals surface area contributed by atoms with Crippen LogP contribution in [-0.4, -0.2) is 57.1 Å². The highest BCUT2D eigenvalue weighted by Gasteiger charge is 2.34. The van der Waals surface area contributed by atoms with Crippen LogP contribution in [0, 0.1) is 6.92 Å². The summed E-state index contributed by atoms with van der Waals surface area (Å²) in [5, 5.41) is 3.59. The molecule has 0 heterocycles. The van der Waals surface area contributed by atoms with Crippen molar-refractivity contribution in [1.82, 2.24) is 10.2 Å². The second kappa shape index (κ2) is 14.8. The van der Waals surface area contributed by atoms with E-state index in [1.165, 1.54) is 11.0 Å². The molecule has 0 aromatic heterocycles. The molecule has 3 aromatic rings. The van der Waals surface area contributed by atoms with E-state index >= 15 is 0 Å². The summed E-state index contributed by atoms with van der Waals surface area (Å²) >= 11 is 6.34. The number of carbonyl (C=O) groups is 2. The van der Waals surface area contributed by atoms with Crippen molar-refractivity contribution in [3.8, 4) is 5.75 Å². The van der Waals surface area contributed by atoms with Crippen molar-refractivity contribution in [1.29, 1.82) is 0 Å². The molecule has 1 saturated carbocycles. The fraction of sp³-hybridized carbons (Fsp3) is 0.394. The number of nitrogens with zero attached hydrogens (tertiary/aromatic N) is 2. The van der Waals surface area contributed by atoms with Crippen molar-refractivity contribution in [2.75, 3.05) is 24.2 Å². The molecule has 0 radical (unpaired) electrons. The summed E-state index contributed by atoms with van der Waals surface area (Å²) in [5.41, 5.74) is 2.70. The molecule has 8 nitrogen and oxygen atoms in total. The van der Waals surface area contributed by atoms with E-state index in [1.54, 1.807) is 25.3 Å². The van der Waals surface area contributed by atoms with Crippen LogP contribution in [-0.2, 0) is 32.6 Å². The first kappa shape index (κ1) is 32.4. The molecular formula is C33H40ClN3O5S. The van der Waals surface area contributed by atoms with E-state index in [2.05, 4.69) is 5.32 Å². The van der Waals surface area contributed by atoms with Gasteiger partial charge >= 0.3 is 0 Å². The van der Waals surface area contributed by atoms with Gasteiger partial charge in [-0.2, -0.15) is 0 Å². The number of anilines is 1. The van der Waals surface area contributed by atoms with Gasteiger partial charge < -0.3 is 15.0 Å². The first-order valence-corrected chi connectivity index (χ1v) is 16.8. The Morgan fingerprint density at radius 1 is 0.977 bits per heavy atom. The van der Waals surface area contributed by atoms with Crippen LogP contribution < -0.4 is 14.4 Å². The lowest BCUT2D eigenvalue weighted by Crippen LogP contribution is -2.55. The average molecular weight is 626 g/mol. The minimum atomic E-state index is -3.88. The number of methoxy groups -OCH3 is 1. The predicted molar refractivity (Wildman–Crippen MR) is 171 cm³/mol. The van der Waals surface area contributed by atoms with Gasteiger partial charge in [-0.3, -0.25) is 13.9 Å². The first-order valence-electron chi connectivity index (χ1n) is 14.6. The molecule has 1 atom stereocenters. The van der Waals surface area contributed by atoms with Crippen molar-refractivity contribution in [2.24, 2.45) is 0 Å². The van der Waals surface area contributed by atoms with Gasteiger partial charge in [0.2, 0.25) is 21.8 Å². The van der Waals surface area contributed by atoms with Crippen LogP contribution in [0.4, 0.5) is 5.69 Å². The number of halogens is 1. The van der Waals surface area contributed by atoms with Crippen LogP contribution in [0.3, 0.4) is 0 Å². The Morgan fingerprint density at radius 3 is 2.33 bits per heavy atom. The number of nitrogens with one attached hydrogen (secondary N) is 1. The van der Waals surface area contributed by atoms with E-state index < -0.39 is 28.5 Å². The van der Waals surface area contributed by atoms with E-state index in [1.807, 2.05) is 55.5 Å². The summed E-state index contributed by atoms with van der Waals surface area (Å²) in [4.78, 5) is 29.8. The molecule has 2 amide bonds. The van der Waals surface area contributed by atoms with Gasteiger partial charge in [-0.25, -0.2) is 8.42 Å². The summed E-state index contributed by atoms with van der Waals surface area (Å²) < 4.78 is 32.4. The van der Waals surface area contributed by atoms with Gasteiger partial charge in [-0.15, -0.1) is 0 Å². The molecule has 4 rings (SSSR count). The molecule has 1 aliphatic rings. The Hall–Kier alpha value is -3.56. The van der Waals surface area contributed by atoms with Gasteiger partial charge in [0.05, 0.1) is 19.1 Å². The number of carbonyl (C=O) groups excluding carboxylic acids is 2. The SMILES string of the molecule is COc1cccc(CN(C(=O)CN(c2ccc(C)c(Cl)c2)S(C)(=O)=O)[C@@H](Cc2ccccc2)C(=O)NC2CCCCC2)c1. The molecule has 0 spiro atoms. The third kappa shape index (κ3) is 8.97. The van der Waals surface area contributed by atoms with Crippen molar-refractivity contribution >= 4 is 39.1 Å². The maximum atomic E-state index is 14.3. The lowest BCUT2D eigenvalue weighted by Gasteiger charge is -2.35. The fourth-order valence-corrected chi connectivity index (χ4v) is 6.43. The second-order valence-electron chi connectivity index (χ2n) is 11.1. The third-order valence-electron chi connectivity index (χ3n) is 7.83. The standard InChI is InChI=1S/C33H40ClN3O5S/c1-24-17-18-28(21-30(24)34)37(43(3,40)41)23-32(38)36(22-26-13-10-16-29(19-26)42-2)31(20-25-11-6-4-7-12-25)33(39)35-27-14-8-5-9-15-27/h4,6-7,10-13,16-19,21,27,31H,5,8-9,14-15,20,22-23H2,1-3H3,(H,35,39)/t31-/m0/s1. The minimum absolute atomic E-state index is 0.0375. The number of rotatable bonds is 12. The lowest BCUT2D eigenvalue weighted by molar-refractivity contribution is -0.140. The molecule has 10 heteroatoms. The molecule has 0 aliphatic heterocycles. The Bertz CT molecular complexity index is 1510. The van der Waals surface area contributed by atoms with Crippen LogP contribution in [0.2, 0.25) is 5.02 Å². The minimum Gasteiger partial charge on any atom is -0.497 e. The number of sulfonamides is 1. The van der Waals surface area contributed by atoms with Gasteiger partial charge in [0.15, 0.2) is 0 Å². The monoisotopic (exact) mass is 625 g/mol. The Labute approximate surface area is 260 Å². The second-order valence-corrected chi connectivity index (χ2v) is 13.4. The fourth-order valence-electron chi connectivity index (χ4n) is 5.42. The van der Waals surface area contributed by atoms with E-state index in [0.29, 0.717) is 10.8 Å². The number of amides is 2. The highest BCUT2D eigenvalue weighted by molar-refractivity contribution is 7.92. The molecule has 0 bridgehead atoms. The Balaban J connectivity index is 1.74. The summed E-state index contributed by atoms with van der Waals surface area (Å²) in [7, 11) is -2.32. The van der Waals surface area contributed by atoms with Crippen molar-refractivity contribution in [2.45, 2.75) is 64.1 Å². The molecule has 3 aromatic carbocycles. The maximum absolute atomic E-state index is 14.3. The van der Waals surface area contributed by atoms with Gasteiger partial charge in [-0.05, 0) is 60.7 Å². The van der Waals surface area contributed by atoms with E-state index in [9.17, 15) is 18.0 Å². The Morgan fingerprint density at radius 2 is 1.67 bits per heavy atom. The molecular weight excluding hydrogens is 586 g/mol. The highest BCUT2D eigenvalue weighted by Crippen LogP contribution is 2.26. The van der Waals surface area contributed by atoms with Gasteiger partial charge in [-0.1, -0.05) is 79.4 Å². The predicted octanol–water partition coefficient (Wildman–Crippen LogP) is 5.51. The van der Waals surface area contributed by atoms with Crippen molar-refractivity contribution in [3.63, 3.8) is 0 Å². The maximum Gasteiger partial charge on any atom is 0.244 e. The number of aryl methyl sites for hydroxylation is 1. The summed E-state index contributed by atoms with van der Waals surface area (Å²) in [5.74, 6) is -0.149. The van der Waals surface area contributed by atoms with Gasteiger partial charge in [0.25, 0.3) is 0 Å².